The molecule has 0 aliphatic rings. The van der Waals surface area contributed by atoms with Crippen molar-refractivity contribution in [2.45, 2.75) is 12.6 Å². The van der Waals surface area contributed by atoms with Gasteiger partial charge < -0.3 is 24.7 Å². The third-order valence-electron chi connectivity index (χ3n) is 3.79. The lowest BCUT2D eigenvalue weighted by Crippen LogP contribution is -2.10. The van der Waals surface area contributed by atoms with E-state index in [-0.39, 0.29) is 11.3 Å². The minimum Gasteiger partial charge on any atom is -0.396 e. The highest BCUT2D eigenvalue weighted by molar-refractivity contribution is 5.44. The van der Waals surface area contributed by atoms with Gasteiger partial charge >= 0.3 is 5.69 Å². The van der Waals surface area contributed by atoms with Crippen LogP contribution in [0, 0.1) is 33.4 Å². The number of nitrogen functional groups attached to an aromatic ring is 1. The largest absolute Gasteiger partial charge is 0.396 e. The Kier molecular flexibility index (Phi) is 9.59. The number of nitrogens with two attached hydrogens (primary N) is 1. The quantitative estimate of drug-likeness (QED) is 0.230. The van der Waals surface area contributed by atoms with Crippen LogP contribution in [0.4, 0.5) is 28.9 Å². The van der Waals surface area contributed by atoms with Crippen LogP contribution in [0.2, 0.25) is 0 Å². The Balaban J connectivity index is 0.000000303. The molecule has 0 saturated heterocycles. The fraction of sp³-hybridized carbons (Fsp3) is 0.333. The van der Waals surface area contributed by atoms with Gasteiger partial charge in [-0.25, -0.2) is 13.2 Å². The van der Waals surface area contributed by atoms with Gasteiger partial charge in [-0.3, -0.25) is 10.1 Å². The third kappa shape index (κ3) is 5.63. The highest BCUT2D eigenvalue weighted by Gasteiger charge is 2.27. The minimum absolute atomic E-state index is 0.138. The van der Waals surface area contributed by atoms with E-state index in [2.05, 4.69) is 9.47 Å². The molecule has 0 heterocycles. The van der Waals surface area contributed by atoms with Crippen LogP contribution >= 0.6 is 0 Å². The first kappa shape index (κ1) is 25.2. The molecule has 0 aromatic heterocycles. The van der Waals surface area contributed by atoms with Gasteiger partial charge in [0.2, 0.25) is 5.82 Å². The summed E-state index contributed by atoms with van der Waals surface area (Å²) in [6.45, 7) is 0. The molecule has 2 rings (SSSR count). The topological polar surface area (TPSA) is 106 Å². The number of halogens is 4. The Labute approximate surface area is 169 Å². The van der Waals surface area contributed by atoms with Crippen molar-refractivity contribution >= 4 is 11.4 Å². The number of methoxy groups -OCH3 is 4. The molecule has 0 bridgehead atoms. The zero-order valence-electron chi connectivity index (χ0n) is 16.5. The summed E-state index contributed by atoms with van der Waals surface area (Å²) >= 11 is 0. The van der Waals surface area contributed by atoms with Gasteiger partial charge in [-0.1, -0.05) is 0 Å². The van der Waals surface area contributed by atoms with Crippen LogP contribution in [0.3, 0.4) is 0 Å². The Bertz CT molecular complexity index is 876. The standard InChI is InChI=1S/C9H9F2NO4.C9H11F2NO2/c1-15-9(16-2)7-5(10)3-4-6(8(7)11)12(13)14;1-13-9(14-2)7-5(10)3-4-6(12)8(7)11/h3-4,9H,1-2H3;3-4,9H,12H2,1-2H3. The number of nitro groups is 1. The average molecular weight is 436 g/mol. The van der Waals surface area contributed by atoms with E-state index in [4.69, 9.17) is 15.2 Å². The molecule has 0 saturated carbocycles. The number of nitrogens with zero attached hydrogens (tertiary/aromatic N) is 1. The molecule has 2 aromatic carbocycles. The summed E-state index contributed by atoms with van der Waals surface area (Å²) in [7, 11) is 4.92. The van der Waals surface area contributed by atoms with Crippen LogP contribution in [0.5, 0.6) is 0 Å². The van der Waals surface area contributed by atoms with E-state index in [0.29, 0.717) is 0 Å². The van der Waals surface area contributed by atoms with Crippen LogP contribution in [0.15, 0.2) is 24.3 Å². The van der Waals surface area contributed by atoms with Gasteiger partial charge in [0, 0.05) is 34.5 Å². The van der Waals surface area contributed by atoms with Crippen LogP contribution in [0.1, 0.15) is 23.7 Å². The molecule has 2 aromatic rings. The lowest BCUT2D eigenvalue weighted by Gasteiger charge is -2.15. The summed E-state index contributed by atoms with van der Waals surface area (Å²) in [5.41, 5.74) is 3.40. The number of rotatable bonds is 7. The predicted octanol–water partition coefficient (Wildman–Crippen LogP) is 4.00. The molecule has 0 radical (unpaired) electrons. The number of benzene rings is 2. The van der Waals surface area contributed by atoms with E-state index in [1.54, 1.807) is 0 Å². The Hall–Kier alpha value is -2.80. The van der Waals surface area contributed by atoms with E-state index in [1.807, 2.05) is 0 Å². The van der Waals surface area contributed by atoms with Crippen molar-refractivity contribution in [3.05, 3.63) is 68.8 Å². The summed E-state index contributed by atoms with van der Waals surface area (Å²) in [5.74, 6) is -3.85. The summed E-state index contributed by atoms with van der Waals surface area (Å²) in [4.78, 5) is 9.50. The van der Waals surface area contributed by atoms with E-state index in [0.717, 1.165) is 24.3 Å². The van der Waals surface area contributed by atoms with Crippen molar-refractivity contribution in [1.29, 1.82) is 0 Å². The molecule has 30 heavy (non-hydrogen) atoms. The second-order valence-corrected chi connectivity index (χ2v) is 5.52. The molecule has 0 spiro atoms. The van der Waals surface area contributed by atoms with E-state index in [9.17, 15) is 27.7 Å². The minimum atomic E-state index is -1.32. The number of ether oxygens (including phenoxy) is 4. The van der Waals surface area contributed by atoms with Crippen LogP contribution in [0.25, 0.3) is 0 Å². The summed E-state index contributed by atoms with van der Waals surface area (Å²) in [6, 6.07) is 3.76. The number of hydrogen-bond donors (Lipinski definition) is 1. The molecule has 8 nitrogen and oxygen atoms in total. The third-order valence-corrected chi connectivity index (χ3v) is 3.79. The van der Waals surface area contributed by atoms with Crippen molar-refractivity contribution in [3.63, 3.8) is 0 Å². The zero-order chi connectivity index (χ0) is 23.0. The maximum absolute atomic E-state index is 13.6. The lowest BCUT2D eigenvalue weighted by atomic mass is 10.1. The number of hydrogen-bond acceptors (Lipinski definition) is 7. The van der Waals surface area contributed by atoms with Crippen LogP contribution in [-0.2, 0) is 18.9 Å². The Morgan fingerprint density at radius 1 is 0.800 bits per heavy atom. The maximum atomic E-state index is 13.6. The summed E-state index contributed by atoms with van der Waals surface area (Å²) in [5, 5.41) is 10.4. The van der Waals surface area contributed by atoms with Crippen LogP contribution < -0.4 is 5.73 Å². The monoisotopic (exact) mass is 436 g/mol. The summed E-state index contributed by atoms with van der Waals surface area (Å²) < 4.78 is 72.2. The summed E-state index contributed by atoms with van der Waals surface area (Å²) in [6.07, 6.45) is -2.40. The van der Waals surface area contributed by atoms with Crippen molar-refractivity contribution < 1.29 is 41.4 Å². The molecular formula is C18H20F4N2O6. The molecule has 12 heteroatoms. The van der Waals surface area contributed by atoms with Crippen molar-refractivity contribution in [2.75, 3.05) is 34.2 Å². The van der Waals surface area contributed by atoms with Gasteiger partial charge in [0.25, 0.3) is 0 Å². The fourth-order valence-electron chi connectivity index (χ4n) is 2.38. The van der Waals surface area contributed by atoms with Gasteiger partial charge in [-0.05, 0) is 18.2 Å². The first-order valence-electron chi connectivity index (χ1n) is 8.11. The smallest absolute Gasteiger partial charge is 0.305 e. The van der Waals surface area contributed by atoms with Crippen molar-refractivity contribution in [2.24, 2.45) is 0 Å². The zero-order valence-corrected chi connectivity index (χ0v) is 16.5. The maximum Gasteiger partial charge on any atom is 0.305 e. The molecule has 0 atom stereocenters. The highest BCUT2D eigenvalue weighted by atomic mass is 19.1. The van der Waals surface area contributed by atoms with Crippen molar-refractivity contribution in [1.82, 2.24) is 0 Å². The number of anilines is 1. The van der Waals surface area contributed by atoms with E-state index >= 15 is 0 Å². The normalized spacial score (nSPS) is 10.9. The van der Waals surface area contributed by atoms with Gasteiger partial charge in [0.05, 0.1) is 21.7 Å². The molecule has 0 aliphatic heterocycles. The molecule has 0 aliphatic carbocycles. The fourth-order valence-corrected chi connectivity index (χ4v) is 2.38. The van der Waals surface area contributed by atoms with Gasteiger partial charge in [-0.15, -0.1) is 0 Å². The Morgan fingerprint density at radius 2 is 1.20 bits per heavy atom. The van der Waals surface area contributed by atoms with Crippen molar-refractivity contribution in [3.8, 4) is 0 Å². The van der Waals surface area contributed by atoms with Crippen LogP contribution in [-0.4, -0.2) is 33.4 Å². The second-order valence-electron chi connectivity index (χ2n) is 5.52. The van der Waals surface area contributed by atoms with Gasteiger partial charge in [0.1, 0.15) is 11.6 Å². The van der Waals surface area contributed by atoms with Gasteiger partial charge in [0.15, 0.2) is 18.4 Å². The van der Waals surface area contributed by atoms with Gasteiger partial charge in [-0.2, -0.15) is 4.39 Å². The first-order chi connectivity index (χ1) is 14.1. The molecule has 0 unspecified atom stereocenters. The predicted molar refractivity (Wildman–Crippen MR) is 97.3 cm³/mol. The second kappa shape index (κ2) is 11.4. The highest BCUT2D eigenvalue weighted by Crippen LogP contribution is 2.30. The molecule has 0 amide bonds. The molecular weight excluding hydrogens is 416 g/mol. The lowest BCUT2D eigenvalue weighted by molar-refractivity contribution is -0.387. The number of nitro benzene ring substituents is 1. The SMILES string of the molecule is COC(OC)c1c(F)ccc(N)c1F.COC(OC)c1c(F)ccc([N+](=O)[O-])c1F. The molecule has 2 N–H and O–H groups in total. The Morgan fingerprint density at radius 3 is 1.60 bits per heavy atom. The molecule has 0 fully saturated rings. The van der Waals surface area contributed by atoms with E-state index < -0.39 is 52.0 Å². The van der Waals surface area contributed by atoms with E-state index in [1.165, 1.54) is 28.4 Å². The average Bonchev–Trinajstić information content (AvgIpc) is 2.71. The molecule has 166 valence electrons. The first-order valence-corrected chi connectivity index (χ1v) is 8.11.